The Morgan fingerprint density at radius 3 is 2.07 bits per heavy atom. The molecule has 0 radical (unpaired) electrons. The molecule has 0 saturated carbocycles. The number of piperidine rings is 1. The summed E-state index contributed by atoms with van der Waals surface area (Å²) in [6.45, 7) is 6.85. The molecule has 90 valence electrons. The first-order valence-electron chi connectivity index (χ1n) is 6.02. The Morgan fingerprint density at radius 1 is 1.13 bits per heavy atom. The fourth-order valence-corrected chi connectivity index (χ4v) is 4.92. The minimum absolute atomic E-state index is 0.507. The molecule has 1 aliphatic heterocycles. The molecule has 1 atom stereocenters. The number of hydrogen-bond donors (Lipinski definition) is 0. The van der Waals surface area contributed by atoms with Gasteiger partial charge in [0, 0.05) is 14.2 Å². The van der Waals surface area contributed by atoms with Gasteiger partial charge in [0.1, 0.15) is 0 Å². The van der Waals surface area contributed by atoms with Crippen LogP contribution in [0.3, 0.4) is 0 Å². The van der Waals surface area contributed by atoms with Crippen molar-refractivity contribution in [2.24, 2.45) is 0 Å². The van der Waals surface area contributed by atoms with Crippen molar-refractivity contribution < 1.29 is 8.85 Å². The van der Waals surface area contributed by atoms with E-state index in [1.807, 2.05) is 0 Å². The second-order valence-electron chi connectivity index (χ2n) is 4.44. The summed E-state index contributed by atoms with van der Waals surface area (Å²) in [5.41, 5.74) is 0.507. The molecule has 0 aromatic heterocycles. The summed E-state index contributed by atoms with van der Waals surface area (Å²) >= 11 is 0. The van der Waals surface area contributed by atoms with Crippen LogP contribution in [0.5, 0.6) is 0 Å². The van der Waals surface area contributed by atoms with Crippen LogP contribution >= 0.6 is 0 Å². The molecule has 1 saturated heterocycles. The third-order valence-electron chi connectivity index (χ3n) is 3.63. The van der Waals surface area contributed by atoms with Crippen molar-refractivity contribution in [1.29, 1.82) is 0 Å². The monoisotopic (exact) mass is 231 g/mol. The maximum atomic E-state index is 5.67. The van der Waals surface area contributed by atoms with E-state index in [1.54, 1.807) is 14.2 Å². The van der Waals surface area contributed by atoms with Crippen molar-refractivity contribution in [3.8, 4) is 0 Å². The fourth-order valence-electron chi connectivity index (χ4n) is 2.55. The van der Waals surface area contributed by atoms with E-state index < -0.39 is 8.56 Å². The zero-order chi connectivity index (χ0) is 11.3. The van der Waals surface area contributed by atoms with E-state index in [9.17, 15) is 0 Å². The quantitative estimate of drug-likeness (QED) is 0.677. The molecule has 0 N–H and O–H groups in total. The Bertz CT molecular complexity index is 179. The van der Waals surface area contributed by atoms with Gasteiger partial charge in [-0.25, -0.2) is 0 Å². The molecule has 0 bridgehead atoms. The maximum Gasteiger partial charge on any atom is 0.352 e. The van der Waals surface area contributed by atoms with Crippen LogP contribution in [0, 0.1) is 0 Å². The number of likely N-dealkylation sites (tertiary alicyclic amines) is 1. The van der Waals surface area contributed by atoms with Gasteiger partial charge in [-0.2, -0.15) is 0 Å². The normalized spacial score (nSPS) is 21.6. The van der Waals surface area contributed by atoms with Crippen LogP contribution in [0.2, 0.25) is 6.55 Å². The lowest BCUT2D eigenvalue weighted by Crippen LogP contribution is -2.58. The molecule has 15 heavy (non-hydrogen) atoms. The molecule has 0 aromatic rings. The topological polar surface area (TPSA) is 21.7 Å². The fraction of sp³-hybridized carbons (Fsp3) is 1.00. The van der Waals surface area contributed by atoms with E-state index in [0.29, 0.717) is 5.67 Å². The molecular formula is C11H25NO2Si. The van der Waals surface area contributed by atoms with Gasteiger partial charge in [0.25, 0.3) is 0 Å². The predicted octanol–water partition coefficient (Wildman–Crippen LogP) is 2.15. The van der Waals surface area contributed by atoms with Gasteiger partial charge >= 0.3 is 8.56 Å². The minimum atomic E-state index is -1.99. The van der Waals surface area contributed by atoms with Gasteiger partial charge in [0.2, 0.25) is 0 Å². The first kappa shape index (κ1) is 13.2. The van der Waals surface area contributed by atoms with E-state index in [4.69, 9.17) is 8.85 Å². The number of nitrogens with zero attached hydrogens (tertiary/aromatic N) is 1. The highest BCUT2D eigenvalue weighted by atomic mass is 28.4. The molecule has 1 rings (SSSR count). The Kier molecular flexibility index (Phi) is 5.25. The van der Waals surface area contributed by atoms with Crippen LogP contribution in [0.4, 0.5) is 0 Å². The van der Waals surface area contributed by atoms with E-state index in [1.165, 1.54) is 32.4 Å². The Balaban J connectivity index is 2.67. The molecule has 1 unspecified atom stereocenters. The smallest absolute Gasteiger partial charge is 0.352 e. The van der Waals surface area contributed by atoms with Crippen molar-refractivity contribution >= 4 is 8.56 Å². The summed E-state index contributed by atoms with van der Waals surface area (Å²) < 4.78 is 11.3. The number of rotatable bonds is 5. The van der Waals surface area contributed by atoms with E-state index in [2.05, 4.69) is 18.4 Å². The lowest BCUT2D eigenvalue weighted by Gasteiger charge is -2.41. The van der Waals surface area contributed by atoms with Crippen molar-refractivity contribution in [2.75, 3.05) is 27.3 Å². The molecular weight excluding hydrogens is 206 g/mol. The van der Waals surface area contributed by atoms with Gasteiger partial charge < -0.3 is 8.85 Å². The highest BCUT2D eigenvalue weighted by Gasteiger charge is 2.42. The molecule has 1 aliphatic rings. The Labute approximate surface area is 95.0 Å². The molecule has 3 nitrogen and oxygen atoms in total. The zero-order valence-corrected chi connectivity index (χ0v) is 11.6. The van der Waals surface area contributed by atoms with Gasteiger partial charge in [0.05, 0.1) is 5.67 Å². The van der Waals surface area contributed by atoms with Crippen LogP contribution < -0.4 is 0 Å². The molecule has 1 fully saturated rings. The van der Waals surface area contributed by atoms with E-state index in [0.717, 1.165) is 6.42 Å². The average Bonchev–Trinajstić information content (AvgIpc) is 2.31. The average molecular weight is 231 g/mol. The van der Waals surface area contributed by atoms with Gasteiger partial charge in [-0.3, -0.25) is 4.90 Å². The van der Waals surface area contributed by atoms with Crippen LogP contribution in [-0.4, -0.2) is 46.4 Å². The second kappa shape index (κ2) is 5.99. The van der Waals surface area contributed by atoms with E-state index in [-0.39, 0.29) is 0 Å². The van der Waals surface area contributed by atoms with Crippen LogP contribution in [0.15, 0.2) is 0 Å². The summed E-state index contributed by atoms with van der Waals surface area (Å²) in [4.78, 5) is 2.57. The zero-order valence-electron chi connectivity index (χ0n) is 10.6. The molecule has 0 amide bonds. The molecule has 0 spiro atoms. The minimum Gasteiger partial charge on any atom is -0.397 e. The third kappa shape index (κ3) is 3.03. The highest BCUT2D eigenvalue weighted by molar-refractivity contribution is 6.67. The van der Waals surface area contributed by atoms with Crippen molar-refractivity contribution in [3.05, 3.63) is 0 Å². The van der Waals surface area contributed by atoms with Crippen LogP contribution in [0.1, 0.15) is 32.6 Å². The Hall–Kier alpha value is 0.0969. The molecule has 0 aromatic carbocycles. The standard InChI is InChI=1S/C11H25NO2Si/c1-5-11(15(4,13-2)14-3)12-9-7-6-8-10-12/h11H,5-10H2,1-4H3. The van der Waals surface area contributed by atoms with Crippen molar-refractivity contribution in [3.63, 3.8) is 0 Å². The van der Waals surface area contributed by atoms with Crippen molar-refractivity contribution in [1.82, 2.24) is 4.90 Å². The maximum absolute atomic E-state index is 5.67. The van der Waals surface area contributed by atoms with Gasteiger partial charge in [0.15, 0.2) is 0 Å². The lowest BCUT2D eigenvalue weighted by atomic mass is 10.1. The summed E-state index contributed by atoms with van der Waals surface area (Å²) in [6.07, 6.45) is 5.17. The summed E-state index contributed by atoms with van der Waals surface area (Å²) in [5.74, 6) is 0. The molecule has 1 heterocycles. The van der Waals surface area contributed by atoms with Gasteiger partial charge in [-0.15, -0.1) is 0 Å². The number of hydrogen-bond acceptors (Lipinski definition) is 3. The van der Waals surface area contributed by atoms with E-state index >= 15 is 0 Å². The summed E-state index contributed by atoms with van der Waals surface area (Å²) in [7, 11) is 1.60. The first-order valence-corrected chi connectivity index (χ1v) is 8.41. The van der Waals surface area contributed by atoms with Crippen molar-refractivity contribution in [2.45, 2.75) is 44.8 Å². The second-order valence-corrected chi connectivity index (χ2v) is 7.96. The Morgan fingerprint density at radius 2 is 1.67 bits per heavy atom. The van der Waals surface area contributed by atoms with Gasteiger partial charge in [-0.1, -0.05) is 13.3 Å². The molecule has 0 aliphatic carbocycles. The largest absolute Gasteiger partial charge is 0.397 e. The molecule has 4 heteroatoms. The highest BCUT2D eigenvalue weighted by Crippen LogP contribution is 2.23. The summed E-state index contributed by atoms with van der Waals surface area (Å²) in [5, 5.41) is 0. The lowest BCUT2D eigenvalue weighted by molar-refractivity contribution is 0.140. The van der Waals surface area contributed by atoms with Crippen LogP contribution in [0.25, 0.3) is 0 Å². The third-order valence-corrected chi connectivity index (χ3v) is 7.24. The summed E-state index contributed by atoms with van der Waals surface area (Å²) in [6, 6.07) is 0. The first-order chi connectivity index (χ1) is 7.18. The van der Waals surface area contributed by atoms with Gasteiger partial charge in [-0.05, 0) is 38.9 Å². The predicted molar refractivity (Wildman–Crippen MR) is 65.1 cm³/mol. The van der Waals surface area contributed by atoms with Crippen LogP contribution in [-0.2, 0) is 8.85 Å². The SMILES string of the molecule is CCC(N1CCCCC1)[Si](C)(OC)OC.